The first-order valence-corrected chi connectivity index (χ1v) is 10.2. The van der Waals surface area contributed by atoms with Crippen molar-refractivity contribution in [2.75, 3.05) is 0 Å². The van der Waals surface area contributed by atoms with Crippen LogP contribution >= 0.6 is 0 Å². The molecule has 0 atom stereocenters. The second kappa shape index (κ2) is 7.88. The second-order valence-corrected chi connectivity index (χ2v) is 8.73. The van der Waals surface area contributed by atoms with E-state index in [2.05, 4.69) is 20.8 Å². The zero-order valence-electron chi connectivity index (χ0n) is 18.1. The van der Waals surface area contributed by atoms with Crippen molar-refractivity contribution in [3.05, 3.63) is 100 Å². The molecule has 0 aromatic heterocycles. The Balaban J connectivity index is 1.50. The van der Waals surface area contributed by atoms with E-state index in [1.807, 2.05) is 43.3 Å². The van der Waals surface area contributed by atoms with Crippen LogP contribution in [0.15, 0.2) is 72.5 Å². The van der Waals surface area contributed by atoms with Gasteiger partial charge in [-0.2, -0.15) is 0 Å². The molecule has 0 fully saturated rings. The largest absolute Gasteiger partial charge is 0.452 e. The number of aryl methyl sites for hydroxylation is 1. The van der Waals surface area contributed by atoms with Gasteiger partial charge < -0.3 is 9.47 Å². The average Bonchev–Trinajstić information content (AvgIpc) is 3.04. The molecule has 0 spiro atoms. The molecule has 3 aromatic carbocycles. The van der Waals surface area contributed by atoms with Crippen LogP contribution in [0.1, 0.15) is 58.2 Å². The number of hydrogen-bond acceptors (Lipinski definition) is 4. The number of ketones is 1. The monoisotopic (exact) mass is 412 g/mol. The Morgan fingerprint density at radius 3 is 2.26 bits per heavy atom. The van der Waals surface area contributed by atoms with E-state index < -0.39 is 5.97 Å². The van der Waals surface area contributed by atoms with Crippen LogP contribution in [-0.4, -0.2) is 11.8 Å². The molecule has 1 heterocycles. The maximum Gasteiger partial charge on any atom is 0.343 e. The minimum Gasteiger partial charge on any atom is -0.452 e. The molecule has 3 aromatic rings. The number of Topliss-reactive ketones (excluding diaryl/α,β-unsaturated/α-hetero) is 1. The summed E-state index contributed by atoms with van der Waals surface area (Å²) in [5.41, 5.74) is 4.09. The Morgan fingerprint density at radius 1 is 0.935 bits per heavy atom. The maximum absolute atomic E-state index is 12.6. The van der Waals surface area contributed by atoms with Gasteiger partial charge in [-0.15, -0.1) is 0 Å². The number of fused-ring (bicyclic) bond motifs is 1. The van der Waals surface area contributed by atoms with Gasteiger partial charge in [0, 0.05) is 6.07 Å². The molecule has 1 aliphatic rings. The molecule has 0 saturated carbocycles. The van der Waals surface area contributed by atoms with Crippen LogP contribution in [0.5, 0.6) is 11.5 Å². The number of benzene rings is 3. The minimum absolute atomic E-state index is 0.0100. The predicted octanol–water partition coefficient (Wildman–Crippen LogP) is 6.13. The Bertz CT molecular complexity index is 1180. The Kier molecular flexibility index (Phi) is 5.24. The molecule has 0 bridgehead atoms. The summed E-state index contributed by atoms with van der Waals surface area (Å²) in [6, 6.07) is 20.0. The highest BCUT2D eigenvalue weighted by atomic mass is 16.5. The number of carbonyl (C=O) groups is 2. The summed E-state index contributed by atoms with van der Waals surface area (Å²) in [5, 5.41) is 0. The molecule has 0 N–H and O–H groups in total. The molecule has 0 radical (unpaired) electrons. The number of allylic oxidation sites excluding steroid dienone is 1. The normalized spacial score (nSPS) is 14.3. The van der Waals surface area contributed by atoms with E-state index in [1.165, 1.54) is 0 Å². The van der Waals surface area contributed by atoms with Gasteiger partial charge in [-0.05, 0) is 53.8 Å². The number of esters is 1. The maximum atomic E-state index is 12.6. The van der Waals surface area contributed by atoms with Gasteiger partial charge in [0.1, 0.15) is 11.5 Å². The molecule has 4 rings (SSSR count). The van der Waals surface area contributed by atoms with Crippen LogP contribution in [0.2, 0.25) is 0 Å². The van der Waals surface area contributed by atoms with E-state index in [-0.39, 0.29) is 17.0 Å². The van der Waals surface area contributed by atoms with Crippen molar-refractivity contribution < 1.29 is 19.1 Å². The zero-order chi connectivity index (χ0) is 22.2. The lowest BCUT2D eigenvalue weighted by molar-refractivity contribution is 0.0734. The van der Waals surface area contributed by atoms with Crippen LogP contribution in [-0.2, 0) is 5.41 Å². The van der Waals surface area contributed by atoms with Gasteiger partial charge in [-0.3, -0.25) is 4.79 Å². The molecule has 0 aliphatic carbocycles. The minimum atomic E-state index is -0.458. The molecule has 0 saturated heterocycles. The summed E-state index contributed by atoms with van der Waals surface area (Å²) < 4.78 is 11.3. The summed E-state index contributed by atoms with van der Waals surface area (Å²) in [5.74, 6) is 0.316. The first kappa shape index (κ1) is 20.6. The van der Waals surface area contributed by atoms with Crippen LogP contribution in [0.3, 0.4) is 0 Å². The molecule has 4 nitrogen and oxygen atoms in total. The molecule has 1 aliphatic heterocycles. The summed E-state index contributed by atoms with van der Waals surface area (Å²) in [6.07, 6.45) is 1.71. The molecule has 4 heteroatoms. The third kappa shape index (κ3) is 4.43. The molecular formula is C27H24O4. The van der Waals surface area contributed by atoms with E-state index in [9.17, 15) is 9.59 Å². The van der Waals surface area contributed by atoms with Crippen molar-refractivity contribution in [3.63, 3.8) is 0 Å². The standard InChI is InChI=1S/C27H24O4/c1-17-5-7-18(8-6-17)15-24-25(28)22-14-13-21(16-23(22)31-24)30-26(29)19-9-11-20(12-10-19)27(2,3)4/h5-16H,1-4H3. The SMILES string of the molecule is Cc1ccc(C=C2Oc3cc(OC(=O)c4ccc(C(C)(C)C)cc4)ccc3C2=O)cc1. The van der Waals surface area contributed by atoms with Gasteiger partial charge in [0.15, 0.2) is 5.76 Å². The Labute approximate surface area is 182 Å². The lowest BCUT2D eigenvalue weighted by atomic mass is 9.87. The number of ether oxygens (including phenoxy) is 2. The summed E-state index contributed by atoms with van der Waals surface area (Å²) >= 11 is 0. The van der Waals surface area contributed by atoms with Gasteiger partial charge >= 0.3 is 5.97 Å². The van der Waals surface area contributed by atoms with E-state index in [0.717, 1.165) is 16.7 Å². The van der Waals surface area contributed by atoms with Gasteiger partial charge in [0.2, 0.25) is 5.78 Å². The van der Waals surface area contributed by atoms with E-state index in [1.54, 1.807) is 36.4 Å². The highest BCUT2D eigenvalue weighted by Gasteiger charge is 2.28. The molecule has 156 valence electrons. The lowest BCUT2D eigenvalue weighted by Crippen LogP contribution is -2.12. The van der Waals surface area contributed by atoms with Gasteiger partial charge in [-0.1, -0.05) is 62.7 Å². The first-order valence-electron chi connectivity index (χ1n) is 10.2. The second-order valence-electron chi connectivity index (χ2n) is 8.73. The summed E-state index contributed by atoms with van der Waals surface area (Å²) in [4.78, 5) is 25.2. The van der Waals surface area contributed by atoms with Gasteiger partial charge in [0.25, 0.3) is 0 Å². The Morgan fingerprint density at radius 2 is 1.61 bits per heavy atom. The van der Waals surface area contributed by atoms with Crippen LogP contribution in [0.25, 0.3) is 6.08 Å². The van der Waals surface area contributed by atoms with Crippen molar-refractivity contribution in [1.29, 1.82) is 0 Å². The average molecular weight is 412 g/mol. The summed E-state index contributed by atoms with van der Waals surface area (Å²) in [7, 11) is 0. The zero-order valence-corrected chi connectivity index (χ0v) is 18.1. The highest BCUT2D eigenvalue weighted by molar-refractivity contribution is 6.14. The lowest BCUT2D eigenvalue weighted by Gasteiger charge is -2.18. The molecule has 0 unspecified atom stereocenters. The number of rotatable bonds is 3. The van der Waals surface area contributed by atoms with Crippen LogP contribution < -0.4 is 9.47 Å². The number of hydrogen-bond donors (Lipinski definition) is 0. The predicted molar refractivity (Wildman–Crippen MR) is 121 cm³/mol. The smallest absolute Gasteiger partial charge is 0.343 e. The van der Waals surface area contributed by atoms with E-state index >= 15 is 0 Å². The molecule has 0 amide bonds. The summed E-state index contributed by atoms with van der Waals surface area (Å²) in [6.45, 7) is 8.36. The van der Waals surface area contributed by atoms with E-state index in [0.29, 0.717) is 22.6 Å². The first-order chi connectivity index (χ1) is 14.7. The quantitative estimate of drug-likeness (QED) is 0.295. The van der Waals surface area contributed by atoms with Crippen molar-refractivity contribution >= 4 is 17.8 Å². The fourth-order valence-electron chi connectivity index (χ4n) is 3.32. The molecular weight excluding hydrogens is 388 g/mol. The number of carbonyl (C=O) groups excluding carboxylic acids is 2. The van der Waals surface area contributed by atoms with Crippen molar-refractivity contribution in [2.45, 2.75) is 33.1 Å². The third-order valence-electron chi connectivity index (χ3n) is 5.21. The van der Waals surface area contributed by atoms with Crippen LogP contribution in [0.4, 0.5) is 0 Å². The van der Waals surface area contributed by atoms with Crippen molar-refractivity contribution in [3.8, 4) is 11.5 Å². The van der Waals surface area contributed by atoms with Crippen LogP contribution in [0, 0.1) is 6.92 Å². The third-order valence-corrected chi connectivity index (χ3v) is 5.21. The fourth-order valence-corrected chi connectivity index (χ4v) is 3.32. The van der Waals surface area contributed by atoms with Crippen molar-refractivity contribution in [1.82, 2.24) is 0 Å². The molecule has 31 heavy (non-hydrogen) atoms. The Hall–Kier alpha value is -3.66. The topological polar surface area (TPSA) is 52.6 Å². The highest BCUT2D eigenvalue weighted by Crippen LogP contribution is 2.35. The van der Waals surface area contributed by atoms with E-state index in [4.69, 9.17) is 9.47 Å². The van der Waals surface area contributed by atoms with Gasteiger partial charge in [-0.25, -0.2) is 4.79 Å². The fraction of sp³-hybridized carbons (Fsp3) is 0.185. The van der Waals surface area contributed by atoms with Gasteiger partial charge in [0.05, 0.1) is 11.1 Å². The van der Waals surface area contributed by atoms with Crippen molar-refractivity contribution in [2.24, 2.45) is 0 Å².